The number of ether oxygens (including phenoxy) is 1. The van der Waals surface area contributed by atoms with E-state index in [1.165, 1.54) is 11.6 Å². The molecule has 0 bridgehead atoms. The molecule has 20 heavy (non-hydrogen) atoms. The van der Waals surface area contributed by atoms with E-state index in [-0.39, 0.29) is 54.8 Å². The Kier molecular flexibility index (Phi) is 5.76. The minimum absolute atomic E-state index is 0. The summed E-state index contributed by atoms with van der Waals surface area (Å²) < 4.78 is 7.61. The van der Waals surface area contributed by atoms with E-state index in [0.717, 1.165) is 4.57 Å². The summed E-state index contributed by atoms with van der Waals surface area (Å²) >= 11 is 0. The Balaban J connectivity index is 0.00000200. The number of aromatic amines is 1. The van der Waals surface area contributed by atoms with Crippen LogP contribution in [0.5, 0.6) is 0 Å². The number of imidazole rings is 1. The Morgan fingerprint density at radius 3 is 2.60 bits per heavy atom. The first-order valence-corrected chi connectivity index (χ1v) is 6.13. The Bertz CT molecular complexity index is 720. The molecular formula is C12H19N4NaO3. The van der Waals surface area contributed by atoms with Crippen molar-refractivity contribution in [3.63, 3.8) is 0 Å². The molecule has 0 fully saturated rings. The topological polar surface area (TPSA) is 81.9 Å². The van der Waals surface area contributed by atoms with Gasteiger partial charge in [-0.15, -0.1) is 0 Å². The normalized spacial score (nSPS) is 11.1. The molecule has 0 aromatic carbocycles. The monoisotopic (exact) mass is 290 g/mol. The van der Waals surface area contributed by atoms with Crippen molar-refractivity contribution in [2.45, 2.75) is 27.0 Å². The molecule has 0 aliphatic rings. The molecule has 0 spiro atoms. The third-order valence-corrected chi connectivity index (χ3v) is 2.85. The second-order valence-electron chi connectivity index (χ2n) is 4.97. The molecule has 0 saturated carbocycles. The van der Waals surface area contributed by atoms with Crippen molar-refractivity contribution in [1.29, 1.82) is 0 Å². The fourth-order valence-corrected chi connectivity index (χ4v) is 2.02. The summed E-state index contributed by atoms with van der Waals surface area (Å²) in [5.74, 6) is 0.818. The van der Waals surface area contributed by atoms with Gasteiger partial charge in [0.15, 0.2) is 5.65 Å². The maximum atomic E-state index is 12.1. The number of aromatic nitrogens is 4. The SMILES string of the molecule is COCc1nc2c([nH]1)c(=O)n(C)c(=O)n2CC(C)C.[H-].[Na+]. The molecule has 0 aliphatic carbocycles. The summed E-state index contributed by atoms with van der Waals surface area (Å²) in [7, 11) is 3.02. The minimum Gasteiger partial charge on any atom is -1.00 e. The van der Waals surface area contributed by atoms with Crippen molar-refractivity contribution in [2.24, 2.45) is 13.0 Å². The number of nitrogens with zero attached hydrogens (tertiary/aromatic N) is 3. The predicted octanol–water partition coefficient (Wildman–Crippen LogP) is -2.66. The molecule has 7 nitrogen and oxygen atoms in total. The Morgan fingerprint density at radius 1 is 1.40 bits per heavy atom. The molecule has 0 aliphatic heterocycles. The molecule has 0 radical (unpaired) electrons. The molecule has 2 aromatic rings. The van der Waals surface area contributed by atoms with E-state index in [0.29, 0.717) is 23.5 Å². The van der Waals surface area contributed by atoms with Crippen LogP contribution < -0.4 is 40.8 Å². The zero-order valence-corrected chi connectivity index (χ0v) is 14.6. The van der Waals surface area contributed by atoms with E-state index < -0.39 is 0 Å². The molecular weight excluding hydrogens is 271 g/mol. The van der Waals surface area contributed by atoms with Gasteiger partial charge in [0.2, 0.25) is 0 Å². The average molecular weight is 290 g/mol. The molecule has 2 rings (SSSR count). The molecule has 8 heteroatoms. The van der Waals surface area contributed by atoms with Gasteiger partial charge in [-0.25, -0.2) is 9.78 Å². The standard InChI is InChI=1S/C12H18N4O3.Na.H/c1-7(2)5-16-10-9(11(17)15(3)12(16)18)13-8(14-10)6-19-4;;/h7H,5-6H2,1-4H3,(H,13,14);;/q;+1;-1. The number of rotatable bonds is 4. The predicted molar refractivity (Wildman–Crippen MR) is 72.3 cm³/mol. The van der Waals surface area contributed by atoms with E-state index in [9.17, 15) is 9.59 Å². The molecule has 0 atom stereocenters. The van der Waals surface area contributed by atoms with Gasteiger partial charge in [0, 0.05) is 20.7 Å². The first-order valence-electron chi connectivity index (χ1n) is 6.13. The summed E-state index contributed by atoms with van der Waals surface area (Å²) in [5.41, 5.74) is 0.0279. The van der Waals surface area contributed by atoms with Crippen molar-refractivity contribution in [3.05, 3.63) is 26.7 Å². The van der Waals surface area contributed by atoms with E-state index >= 15 is 0 Å². The van der Waals surface area contributed by atoms with Gasteiger partial charge in [0.25, 0.3) is 5.56 Å². The van der Waals surface area contributed by atoms with Crippen LogP contribution in [0.15, 0.2) is 9.59 Å². The summed E-state index contributed by atoms with van der Waals surface area (Å²) in [6.07, 6.45) is 0. The van der Waals surface area contributed by atoms with Gasteiger partial charge in [-0.3, -0.25) is 13.9 Å². The maximum Gasteiger partial charge on any atom is 1.00 e. The number of H-pyrrole nitrogens is 1. The Morgan fingerprint density at radius 2 is 2.05 bits per heavy atom. The molecule has 0 saturated heterocycles. The minimum atomic E-state index is -0.366. The molecule has 0 unspecified atom stereocenters. The van der Waals surface area contributed by atoms with Crippen molar-refractivity contribution in [2.75, 3.05) is 7.11 Å². The van der Waals surface area contributed by atoms with Gasteiger partial charge in [-0.1, -0.05) is 13.8 Å². The first-order chi connectivity index (χ1) is 8.95. The number of methoxy groups -OCH3 is 1. The van der Waals surface area contributed by atoms with E-state index in [1.807, 2.05) is 13.8 Å². The quantitative estimate of drug-likeness (QED) is 0.623. The summed E-state index contributed by atoms with van der Waals surface area (Å²) in [6, 6.07) is 0. The number of fused-ring (bicyclic) bond motifs is 1. The van der Waals surface area contributed by atoms with Gasteiger partial charge in [0.1, 0.15) is 17.9 Å². The van der Waals surface area contributed by atoms with Crippen LogP contribution in [0, 0.1) is 5.92 Å². The largest absolute Gasteiger partial charge is 1.00 e. The van der Waals surface area contributed by atoms with Gasteiger partial charge in [0.05, 0.1) is 0 Å². The molecule has 106 valence electrons. The summed E-state index contributed by atoms with van der Waals surface area (Å²) in [6.45, 7) is 4.80. The number of nitrogens with one attached hydrogen (secondary N) is 1. The van der Waals surface area contributed by atoms with Crippen LogP contribution >= 0.6 is 0 Å². The van der Waals surface area contributed by atoms with Crippen LogP contribution in [-0.4, -0.2) is 26.2 Å². The summed E-state index contributed by atoms with van der Waals surface area (Å²) in [4.78, 5) is 31.4. The van der Waals surface area contributed by atoms with Crippen LogP contribution in [0.3, 0.4) is 0 Å². The Hall–Kier alpha value is -0.890. The maximum absolute atomic E-state index is 12.1. The van der Waals surface area contributed by atoms with Crippen LogP contribution in [0.4, 0.5) is 0 Å². The zero-order chi connectivity index (χ0) is 14.2. The number of hydrogen-bond donors (Lipinski definition) is 1. The van der Waals surface area contributed by atoms with Crippen molar-refractivity contribution in [1.82, 2.24) is 19.1 Å². The molecule has 1 N–H and O–H groups in total. The Labute approximate surface area is 139 Å². The van der Waals surface area contributed by atoms with Gasteiger partial charge < -0.3 is 11.1 Å². The van der Waals surface area contributed by atoms with Gasteiger partial charge >= 0.3 is 35.2 Å². The second-order valence-corrected chi connectivity index (χ2v) is 4.97. The zero-order valence-electron chi connectivity index (χ0n) is 13.6. The molecule has 2 heterocycles. The fraction of sp³-hybridized carbons (Fsp3) is 0.583. The van der Waals surface area contributed by atoms with Gasteiger partial charge in [-0.05, 0) is 5.92 Å². The average Bonchev–Trinajstić information content (AvgIpc) is 2.76. The van der Waals surface area contributed by atoms with Crippen molar-refractivity contribution < 1.29 is 35.7 Å². The third kappa shape index (κ3) is 3.06. The van der Waals surface area contributed by atoms with E-state index in [1.54, 1.807) is 7.11 Å². The number of hydrogen-bond acceptors (Lipinski definition) is 4. The van der Waals surface area contributed by atoms with Crippen LogP contribution in [0.2, 0.25) is 0 Å². The van der Waals surface area contributed by atoms with Crippen molar-refractivity contribution in [3.8, 4) is 0 Å². The second kappa shape index (κ2) is 6.71. The third-order valence-electron chi connectivity index (χ3n) is 2.85. The van der Waals surface area contributed by atoms with E-state index in [4.69, 9.17) is 4.74 Å². The van der Waals surface area contributed by atoms with Crippen LogP contribution in [-0.2, 0) is 24.9 Å². The molecule has 2 aromatic heterocycles. The van der Waals surface area contributed by atoms with Crippen molar-refractivity contribution >= 4 is 11.2 Å². The van der Waals surface area contributed by atoms with Crippen LogP contribution in [0.1, 0.15) is 21.1 Å². The van der Waals surface area contributed by atoms with Gasteiger partial charge in [-0.2, -0.15) is 0 Å². The smallest absolute Gasteiger partial charge is 1.00 e. The van der Waals surface area contributed by atoms with E-state index in [2.05, 4.69) is 9.97 Å². The summed E-state index contributed by atoms with van der Waals surface area (Å²) in [5, 5.41) is 0. The molecule has 0 amide bonds. The first kappa shape index (κ1) is 17.2. The van der Waals surface area contributed by atoms with Crippen LogP contribution in [0.25, 0.3) is 11.2 Å². The fourth-order valence-electron chi connectivity index (χ4n) is 2.02.